The second kappa shape index (κ2) is 11.0. The normalized spacial score (nSPS) is 10.8. The van der Waals surface area contributed by atoms with E-state index in [1.165, 1.54) is 26.8 Å². The van der Waals surface area contributed by atoms with Crippen molar-refractivity contribution in [3.8, 4) is 22.5 Å². The summed E-state index contributed by atoms with van der Waals surface area (Å²) < 4.78 is 7.47. The summed E-state index contributed by atoms with van der Waals surface area (Å²) in [6, 6.07) is 31.0. The predicted octanol–water partition coefficient (Wildman–Crippen LogP) is 9.13. The minimum Gasteiger partial charge on any atom is -0.501 e. The molecule has 38 heavy (non-hydrogen) atoms. The summed E-state index contributed by atoms with van der Waals surface area (Å²) in [5.74, 6) is 0. The zero-order valence-electron chi connectivity index (χ0n) is 21.2. The van der Waals surface area contributed by atoms with Crippen LogP contribution in [-0.4, -0.2) is 9.97 Å². The molecule has 3 nitrogen and oxygen atoms in total. The second-order valence-corrected chi connectivity index (χ2v) is 10.1. The van der Waals surface area contributed by atoms with Crippen LogP contribution in [0.3, 0.4) is 0 Å². The molecule has 0 aliphatic carbocycles. The first-order chi connectivity index (χ1) is 18.1. The van der Waals surface area contributed by atoms with Gasteiger partial charge in [0.05, 0.1) is 5.58 Å². The zero-order valence-corrected chi connectivity index (χ0v) is 24.4. The molecule has 0 aliphatic heterocycles. The Balaban J connectivity index is 0.000000179. The van der Waals surface area contributed by atoms with Crippen LogP contribution in [0.5, 0.6) is 0 Å². The van der Waals surface area contributed by atoms with Gasteiger partial charge in [0.15, 0.2) is 0 Å². The molecule has 0 saturated carbocycles. The molecule has 4 aromatic heterocycles. The van der Waals surface area contributed by atoms with Gasteiger partial charge in [-0.1, -0.05) is 34.7 Å². The SMILES string of the molecule is Cc1ccc(-c2[c-]cccc2)nc1.Cc1cnc(-c2[c-]ccc3c2oc2cc4sccc4cc23)cc1C.[Ir]. The van der Waals surface area contributed by atoms with Crippen LogP contribution in [0.2, 0.25) is 0 Å². The summed E-state index contributed by atoms with van der Waals surface area (Å²) in [4.78, 5) is 8.90. The van der Waals surface area contributed by atoms with Crippen LogP contribution in [0.25, 0.3) is 54.5 Å². The number of furan rings is 1. The van der Waals surface area contributed by atoms with Gasteiger partial charge >= 0.3 is 0 Å². The quantitative estimate of drug-likeness (QED) is 0.170. The van der Waals surface area contributed by atoms with Crippen LogP contribution in [0, 0.1) is 32.9 Å². The molecule has 0 atom stereocenters. The molecule has 0 aliphatic rings. The largest absolute Gasteiger partial charge is 0.501 e. The summed E-state index contributed by atoms with van der Waals surface area (Å²) in [6.45, 7) is 6.21. The van der Waals surface area contributed by atoms with E-state index >= 15 is 0 Å². The molecule has 0 N–H and O–H groups in total. The number of aryl methyl sites for hydroxylation is 3. The summed E-state index contributed by atoms with van der Waals surface area (Å²) in [5, 5.41) is 5.64. The predicted molar refractivity (Wildman–Crippen MR) is 154 cm³/mol. The van der Waals surface area contributed by atoms with Gasteiger partial charge in [-0.05, 0) is 72.3 Å². The number of thiophene rings is 1. The van der Waals surface area contributed by atoms with E-state index in [1.54, 1.807) is 11.3 Å². The van der Waals surface area contributed by atoms with Crippen molar-refractivity contribution in [2.45, 2.75) is 20.8 Å². The van der Waals surface area contributed by atoms with Crippen LogP contribution >= 0.6 is 11.3 Å². The summed E-state index contributed by atoms with van der Waals surface area (Å²) in [7, 11) is 0. The Morgan fingerprint density at radius 1 is 0.763 bits per heavy atom. The minimum absolute atomic E-state index is 0. The molecule has 0 unspecified atom stereocenters. The average molecular weight is 689 g/mol. The van der Waals surface area contributed by atoms with Gasteiger partial charge < -0.3 is 14.4 Å². The molecule has 1 radical (unpaired) electrons. The van der Waals surface area contributed by atoms with Gasteiger partial charge in [-0.3, -0.25) is 0 Å². The minimum atomic E-state index is 0. The first-order valence-electron chi connectivity index (χ1n) is 12.1. The van der Waals surface area contributed by atoms with Gasteiger partial charge in [0.2, 0.25) is 0 Å². The number of fused-ring (bicyclic) bond motifs is 4. The van der Waals surface area contributed by atoms with Crippen molar-refractivity contribution in [1.82, 2.24) is 9.97 Å². The number of aromatic nitrogens is 2. The third-order valence-electron chi connectivity index (χ3n) is 6.53. The van der Waals surface area contributed by atoms with Crippen molar-refractivity contribution in [3.05, 3.63) is 119 Å². The molecule has 7 aromatic rings. The van der Waals surface area contributed by atoms with E-state index in [0.29, 0.717) is 0 Å². The standard InChI is InChI=1S/C21H14NOS.C12H10N.Ir/c1-12-8-18(22-11-13(12)2)16-5-3-4-15-17-9-14-6-7-24-20(14)10-19(17)23-21(15)16;1-10-7-8-12(13-9-10)11-5-3-2-4-6-11;/h3-4,6-11H,1-2H3;2-5,7-9H,1H3;/q2*-1;. The third-order valence-corrected chi connectivity index (χ3v) is 7.41. The molecule has 0 spiro atoms. The molecule has 5 heteroatoms. The van der Waals surface area contributed by atoms with Crippen molar-refractivity contribution in [1.29, 1.82) is 0 Å². The van der Waals surface area contributed by atoms with E-state index in [9.17, 15) is 0 Å². The van der Waals surface area contributed by atoms with E-state index < -0.39 is 0 Å². The summed E-state index contributed by atoms with van der Waals surface area (Å²) in [6.07, 6.45) is 3.78. The Kier molecular flexibility index (Phi) is 7.53. The van der Waals surface area contributed by atoms with Crippen LogP contribution in [0.1, 0.15) is 16.7 Å². The monoisotopic (exact) mass is 689 g/mol. The second-order valence-electron chi connectivity index (χ2n) is 9.16. The fourth-order valence-electron chi connectivity index (χ4n) is 4.33. The molecule has 189 valence electrons. The van der Waals surface area contributed by atoms with Gasteiger partial charge in [-0.15, -0.1) is 65.4 Å². The van der Waals surface area contributed by atoms with Gasteiger partial charge in [0.1, 0.15) is 5.58 Å². The van der Waals surface area contributed by atoms with Crippen molar-refractivity contribution in [2.24, 2.45) is 0 Å². The molecule has 7 rings (SSSR count). The molecule has 0 fully saturated rings. The van der Waals surface area contributed by atoms with Crippen molar-refractivity contribution < 1.29 is 24.5 Å². The van der Waals surface area contributed by atoms with Gasteiger partial charge in [0.25, 0.3) is 0 Å². The average Bonchev–Trinajstić information content (AvgIpc) is 3.54. The van der Waals surface area contributed by atoms with Gasteiger partial charge in [-0.2, -0.15) is 0 Å². The fraction of sp³-hybridized carbons (Fsp3) is 0.0909. The van der Waals surface area contributed by atoms with Crippen LogP contribution in [0.4, 0.5) is 0 Å². The van der Waals surface area contributed by atoms with E-state index in [4.69, 9.17) is 4.42 Å². The number of hydrogen-bond donors (Lipinski definition) is 0. The number of benzene rings is 3. The van der Waals surface area contributed by atoms with Gasteiger partial charge in [-0.25, -0.2) is 0 Å². The topological polar surface area (TPSA) is 38.9 Å². The maximum absolute atomic E-state index is 6.22. The van der Waals surface area contributed by atoms with E-state index in [-0.39, 0.29) is 20.1 Å². The number of pyridine rings is 2. The Bertz CT molecular complexity index is 1850. The van der Waals surface area contributed by atoms with Crippen LogP contribution < -0.4 is 0 Å². The molecule has 0 amide bonds. The number of rotatable bonds is 2. The molecule has 0 saturated heterocycles. The van der Waals surface area contributed by atoms with Crippen molar-refractivity contribution >= 4 is 43.4 Å². The van der Waals surface area contributed by atoms with Crippen molar-refractivity contribution in [2.75, 3.05) is 0 Å². The molecular weight excluding hydrogens is 665 g/mol. The Hall–Kier alpha value is -3.63. The number of hydrogen-bond acceptors (Lipinski definition) is 4. The maximum atomic E-state index is 6.22. The first kappa shape index (κ1) is 26.0. The Morgan fingerprint density at radius 2 is 1.63 bits per heavy atom. The first-order valence-corrected chi connectivity index (χ1v) is 13.0. The van der Waals surface area contributed by atoms with E-state index in [0.717, 1.165) is 44.5 Å². The number of nitrogens with zero attached hydrogens (tertiary/aromatic N) is 2. The molecule has 4 heterocycles. The van der Waals surface area contributed by atoms with E-state index in [1.807, 2.05) is 55.7 Å². The van der Waals surface area contributed by atoms with Crippen LogP contribution in [0.15, 0.2) is 95.0 Å². The third kappa shape index (κ3) is 5.06. The molecular formula is C33H24IrN2OS-2. The zero-order chi connectivity index (χ0) is 25.4. The van der Waals surface area contributed by atoms with E-state index in [2.05, 4.69) is 77.7 Å². The fourth-order valence-corrected chi connectivity index (χ4v) is 5.13. The van der Waals surface area contributed by atoms with Crippen molar-refractivity contribution in [3.63, 3.8) is 0 Å². The molecule has 3 aromatic carbocycles. The smallest absolute Gasteiger partial charge is 0.122 e. The molecule has 0 bridgehead atoms. The summed E-state index contributed by atoms with van der Waals surface area (Å²) in [5.41, 5.74) is 9.23. The van der Waals surface area contributed by atoms with Crippen LogP contribution in [-0.2, 0) is 20.1 Å². The Labute approximate surface area is 239 Å². The Morgan fingerprint density at radius 3 is 2.39 bits per heavy atom. The maximum Gasteiger partial charge on any atom is 0.122 e. The summed E-state index contributed by atoms with van der Waals surface area (Å²) >= 11 is 1.74. The van der Waals surface area contributed by atoms with Gasteiger partial charge in [0, 0.05) is 42.6 Å².